The summed E-state index contributed by atoms with van der Waals surface area (Å²) >= 11 is 0. The van der Waals surface area contributed by atoms with Gasteiger partial charge in [0.05, 0.1) is 0 Å². The molecule has 0 aliphatic heterocycles. The number of rotatable bonds is 0. The van der Waals surface area contributed by atoms with Crippen LogP contribution in [0.15, 0.2) is 146 Å². The second kappa shape index (κ2) is 8.22. The standard InChI is InChI=1S/C48H28/c1-3-13-33-31(11-1)43-37-23-29-17-15-25-7-5-9-27-19-21-35(41(29)39(25)27)45(37)47(33)48-34-14-4-2-12-32(34)44(43)38-24-30-18-16-26-8-6-10-28-20-22-36(46(38)48)42(30)40(26)28/h1-24,43-44,47-48H. The van der Waals surface area contributed by atoms with Crippen LogP contribution in [0.25, 0.3) is 64.6 Å². The van der Waals surface area contributed by atoms with Crippen LogP contribution in [0, 0.1) is 0 Å². The minimum absolute atomic E-state index is 0.205. The van der Waals surface area contributed by atoms with Gasteiger partial charge in [-0.05, 0) is 109 Å². The molecule has 0 nitrogen and oxygen atoms in total. The molecule has 6 aliphatic carbocycles. The third-order valence-electron chi connectivity index (χ3n) is 12.7. The van der Waals surface area contributed by atoms with Crippen molar-refractivity contribution >= 4 is 64.6 Å². The van der Waals surface area contributed by atoms with Gasteiger partial charge in [-0.15, -0.1) is 0 Å². The van der Waals surface area contributed by atoms with E-state index in [0.29, 0.717) is 0 Å². The van der Waals surface area contributed by atoms with Crippen molar-refractivity contribution in [3.05, 3.63) is 190 Å². The molecule has 0 saturated heterocycles. The zero-order valence-corrected chi connectivity index (χ0v) is 26.2. The molecule has 10 aromatic rings. The molecular formula is C48H28. The molecule has 0 spiro atoms. The smallest absolute Gasteiger partial charge is 0.0211 e. The number of benzene rings is 10. The van der Waals surface area contributed by atoms with Crippen molar-refractivity contribution < 1.29 is 0 Å². The first-order chi connectivity index (χ1) is 23.8. The van der Waals surface area contributed by atoms with E-state index < -0.39 is 0 Å². The van der Waals surface area contributed by atoms with E-state index in [2.05, 4.69) is 146 Å². The van der Waals surface area contributed by atoms with Crippen molar-refractivity contribution in [1.29, 1.82) is 0 Å². The first-order valence-corrected chi connectivity index (χ1v) is 17.4. The van der Waals surface area contributed by atoms with Crippen molar-refractivity contribution in [1.82, 2.24) is 0 Å². The van der Waals surface area contributed by atoms with Gasteiger partial charge in [0.1, 0.15) is 0 Å². The van der Waals surface area contributed by atoms with Gasteiger partial charge < -0.3 is 0 Å². The van der Waals surface area contributed by atoms with E-state index in [1.807, 2.05) is 0 Å². The Hall–Kier alpha value is -5.72. The number of hydrogen-bond acceptors (Lipinski definition) is 0. The van der Waals surface area contributed by atoms with Crippen LogP contribution < -0.4 is 0 Å². The average molecular weight is 605 g/mol. The Bertz CT molecular complexity index is 2790. The Morgan fingerprint density at radius 2 is 0.604 bits per heavy atom. The topological polar surface area (TPSA) is 0 Å². The minimum Gasteiger partial charge on any atom is -0.0620 e. The van der Waals surface area contributed by atoms with Crippen LogP contribution in [0.3, 0.4) is 0 Å². The molecule has 0 heterocycles. The molecular weight excluding hydrogens is 577 g/mol. The molecule has 0 saturated carbocycles. The van der Waals surface area contributed by atoms with Crippen molar-refractivity contribution in [2.45, 2.75) is 23.7 Å². The van der Waals surface area contributed by atoms with E-state index in [1.165, 1.54) is 98.0 Å². The van der Waals surface area contributed by atoms with Gasteiger partial charge in [0, 0.05) is 23.7 Å². The van der Waals surface area contributed by atoms with Crippen LogP contribution in [0.5, 0.6) is 0 Å². The van der Waals surface area contributed by atoms with Crippen molar-refractivity contribution in [2.24, 2.45) is 0 Å². The lowest BCUT2D eigenvalue weighted by atomic mass is 9.52. The first-order valence-electron chi connectivity index (χ1n) is 17.4. The van der Waals surface area contributed by atoms with E-state index in [0.717, 1.165) is 0 Å². The summed E-state index contributed by atoms with van der Waals surface area (Å²) in [5, 5.41) is 16.7. The van der Waals surface area contributed by atoms with Crippen molar-refractivity contribution in [3.63, 3.8) is 0 Å². The van der Waals surface area contributed by atoms with E-state index in [4.69, 9.17) is 0 Å². The van der Waals surface area contributed by atoms with E-state index >= 15 is 0 Å². The third-order valence-corrected chi connectivity index (χ3v) is 12.7. The Labute approximate surface area is 277 Å². The molecule has 4 atom stereocenters. The van der Waals surface area contributed by atoms with Gasteiger partial charge in [0.2, 0.25) is 0 Å². The predicted molar refractivity (Wildman–Crippen MR) is 201 cm³/mol. The molecule has 6 aliphatic rings. The van der Waals surface area contributed by atoms with Gasteiger partial charge in [0.15, 0.2) is 0 Å². The minimum atomic E-state index is 0.205. The predicted octanol–water partition coefficient (Wildman–Crippen LogP) is 12.3. The molecule has 48 heavy (non-hydrogen) atoms. The van der Waals surface area contributed by atoms with Crippen LogP contribution in [-0.4, -0.2) is 0 Å². The molecule has 220 valence electrons. The molecule has 0 amide bonds. The molecule has 0 aromatic heterocycles. The Morgan fingerprint density at radius 3 is 1.02 bits per heavy atom. The Morgan fingerprint density at radius 1 is 0.250 bits per heavy atom. The summed E-state index contributed by atoms with van der Waals surface area (Å²) in [5.41, 5.74) is 12.3. The normalized spacial score (nSPS) is 20.5. The van der Waals surface area contributed by atoms with Crippen LogP contribution in [0.2, 0.25) is 0 Å². The van der Waals surface area contributed by atoms with Crippen molar-refractivity contribution in [2.75, 3.05) is 0 Å². The highest BCUT2D eigenvalue weighted by atomic mass is 14.5. The van der Waals surface area contributed by atoms with Crippen LogP contribution in [0.1, 0.15) is 68.2 Å². The highest BCUT2D eigenvalue weighted by Crippen LogP contribution is 2.66. The maximum absolute atomic E-state index is 2.60. The highest BCUT2D eigenvalue weighted by molar-refractivity contribution is 6.25. The number of hydrogen-bond donors (Lipinski definition) is 0. The SMILES string of the molecule is c1ccc2c(c1)C1c3cc4ccc5cccc6ccc(c3C2C2c3ccccc3C1c1cc3ccc7cccc8ccc(c12)c3c78)c4c56. The van der Waals surface area contributed by atoms with Gasteiger partial charge in [-0.1, -0.05) is 146 Å². The molecule has 0 fully saturated rings. The van der Waals surface area contributed by atoms with Crippen LogP contribution >= 0.6 is 0 Å². The second-order valence-corrected chi connectivity index (χ2v) is 14.6. The summed E-state index contributed by atoms with van der Waals surface area (Å²) in [4.78, 5) is 0. The lowest BCUT2D eigenvalue weighted by Gasteiger charge is -2.51. The zero-order chi connectivity index (χ0) is 30.8. The summed E-state index contributed by atoms with van der Waals surface area (Å²) in [5.74, 6) is 0.862. The van der Waals surface area contributed by atoms with Crippen molar-refractivity contribution in [3.8, 4) is 0 Å². The molecule has 10 aromatic carbocycles. The fourth-order valence-electron chi connectivity index (χ4n) is 11.1. The summed E-state index contributed by atoms with van der Waals surface area (Å²) in [6.07, 6.45) is 0. The quantitative estimate of drug-likeness (QED) is 0.151. The summed E-state index contributed by atoms with van der Waals surface area (Å²) < 4.78 is 0. The lowest BCUT2D eigenvalue weighted by molar-refractivity contribution is 0.536. The molecule has 0 radical (unpaired) electrons. The van der Waals surface area contributed by atoms with Gasteiger partial charge >= 0.3 is 0 Å². The zero-order valence-electron chi connectivity index (χ0n) is 26.2. The van der Waals surface area contributed by atoms with E-state index in [-0.39, 0.29) is 23.7 Å². The van der Waals surface area contributed by atoms with Gasteiger partial charge in [-0.25, -0.2) is 0 Å². The monoisotopic (exact) mass is 604 g/mol. The summed E-state index contributed by atoms with van der Waals surface area (Å²) in [6.45, 7) is 0. The fraction of sp³-hybridized carbons (Fsp3) is 0.0833. The maximum atomic E-state index is 2.60. The van der Waals surface area contributed by atoms with Gasteiger partial charge in [0.25, 0.3) is 0 Å². The molecule has 4 unspecified atom stereocenters. The second-order valence-electron chi connectivity index (χ2n) is 14.6. The third kappa shape index (κ3) is 2.68. The average Bonchev–Trinajstić information content (AvgIpc) is 3.13. The molecule has 0 N–H and O–H groups in total. The van der Waals surface area contributed by atoms with Gasteiger partial charge in [-0.2, -0.15) is 0 Å². The largest absolute Gasteiger partial charge is 0.0620 e. The summed E-state index contributed by atoms with van der Waals surface area (Å²) in [6, 6.07) is 56.9. The first kappa shape index (κ1) is 24.5. The highest BCUT2D eigenvalue weighted by Gasteiger charge is 2.51. The summed E-state index contributed by atoms with van der Waals surface area (Å²) in [7, 11) is 0. The van der Waals surface area contributed by atoms with Crippen LogP contribution in [0.4, 0.5) is 0 Å². The van der Waals surface area contributed by atoms with Crippen LogP contribution in [-0.2, 0) is 0 Å². The van der Waals surface area contributed by atoms with Gasteiger partial charge in [-0.3, -0.25) is 0 Å². The molecule has 0 heteroatoms. The van der Waals surface area contributed by atoms with E-state index in [1.54, 1.807) is 11.1 Å². The molecule has 16 rings (SSSR count). The van der Waals surface area contributed by atoms with E-state index in [9.17, 15) is 0 Å². The fourth-order valence-corrected chi connectivity index (χ4v) is 11.1. The Balaban J connectivity index is 1.26. The maximum Gasteiger partial charge on any atom is 0.0211 e. The lowest BCUT2D eigenvalue weighted by Crippen LogP contribution is -2.36. The Kier molecular flexibility index (Phi) is 4.19. The molecule has 4 bridgehead atoms.